The lowest BCUT2D eigenvalue weighted by atomic mass is 10.0. The quantitative estimate of drug-likeness (QED) is 0.0951. The number of hydrogen-bond acceptors (Lipinski definition) is 9. The first-order valence-corrected chi connectivity index (χ1v) is 14.1. The van der Waals surface area contributed by atoms with Crippen molar-refractivity contribution < 1.29 is 23.5 Å². The summed E-state index contributed by atoms with van der Waals surface area (Å²) >= 11 is 0. The Kier molecular flexibility index (Phi) is 14.4. The van der Waals surface area contributed by atoms with Crippen LogP contribution in [0.15, 0.2) is 0 Å². The molecule has 10 nitrogen and oxygen atoms in total. The van der Waals surface area contributed by atoms with Crippen molar-refractivity contribution >= 4 is 29.2 Å². The number of hydrogen-bond donors (Lipinski definition) is 3. The van der Waals surface area contributed by atoms with Crippen molar-refractivity contribution in [1.29, 1.82) is 0 Å². The van der Waals surface area contributed by atoms with Crippen molar-refractivity contribution in [2.45, 2.75) is 96.0 Å². The second-order valence-electron chi connectivity index (χ2n) is 9.99. The molecule has 0 aromatic carbocycles. The topological polar surface area (TPSA) is 132 Å². The molecule has 1 atom stereocenters. The van der Waals surface area contributed by atoms with Gasteiger partial charge in [0.15, 0.2) is 17.2 Å². The molecule has 0 radical (unpaired) electrons. The van der Waals surface area contributed by atoms with Crippen LogP contribution in [-0.2, 0) is 19.1 Å². The number of amides is 1. The Morgan fingerprint density at radius 2 is 1.77 bits per heavy atom. The molecule has 4 N–H and O–H groups in total. The zero-order valence-electron chi connectivity index (χ0n) is 23.5. The maximum Gasteiger partial charge on any atom is 0.325 e. The molecule has 1 aliphatic heterocycles. The Morgan fingerprint density at radius 3 is 2.38 bits per heavy atom. The summed E-state index contributed by atoms with van der Waals surface area (Å²) in [4.78, 5) is 33.4. The molecule has 0 aliphatic carbocycles. The van der Waals surface area contributed by atoms with Gasteiger partial charge in [-0.15, -0.1) is 6.42 Å². The van der Waals surface area contributed by atoms with E-state index >= 15 is 0 Å². The Bertz CT molecular complexity index is 957. The lowest BCUT2D eigenvalue weighted by Gasteiger charge is -2.29. The SMILES string of the molecule is C#CC(CCN1CNc2c(N)nc(F)nc21)(COC(=O)CNC(=O)CCCCCCCCCCCCC)OC. The predicted octanol–water partition coefficient (Wildman–Crippen LogP) is 4.16. The first-order chi connectivity index (χ1) is 18.8. The number of anilines is 3. The first kappa shape index (κ1) is 32.1. The molecule has 0 bridgehead atoms. The van der Waals surface area contributed by atoms with E-state index in [9.17, 15) is 14.0 Å². The Balaban J connectivity index is 1.61. The zero-order valence-corrected chi connectivity index (χ0v) is 23.5. The van der Waals surface area contributed by atoms with E-state index < -0.39 is 17.6 Å². The smallest absolute Gasteiger partial charge is 0.325 e. The summed E-state index contributed by atoms with van der Waals surface area (Å²) in [5.41, 5.74) is 5.00. The minimum Gasteiger partial charge on any atom is -0.460 e. The van der Waals surface area contributed by atoms with Gasteiger partial charge in [-0.05, 0) is 6.42 Å². The molecule has 1 aromatic heterocycles. The fourth-order valence-corrected chi connectivity index (χ4v) is 4.45. The number of nitrogen functional groups attached to an aromatic ring is 1. The van der Waals surface area contributed by atoms with Crippen molar-refractivity contribution in [1.82, 2.24) is 15.3 Å². The van der Waals surface area contributed by atoms with Crippen LogP contribution in [0.3, 0.4) is 0 Å². The summed E-state index contributed by atoms with van der Waals surface area (Å²) in [7, 11) is 1.43. The second kappa shape index (κ2) is 17.5. The summed E-state index contributed by atoms with van der Waals surface area (Å²) < 4.78 is 24.4. The van der Waals surface area contributed by atoms with E-state index in [1.807, 2.05) is 0 Å². The third-order valence-corrected chi connectivity index (χ3v) is 6.98. The van der Waals surface area contributed by atoms with Crippen LogP contribution in [-0.4, -0.2) is 60.9 Å². The van der Waals surface area contributed by atoms with Crippen molar-refractivity contribution in [2.75, 3.05) is 49.4 Å². The molecule has 1 aliphatic rings. The second-order valence-corrected chi connectivity index (χ2v) is 9.99. The van der Waals surface area contributed by atoms with Crippen molar-refractivity contribution in [3.63, 3.8) is 0 Å². The summed E-state index contributed by atoms with van der Waals surface area (Å²) in [6, 6.07) is 0. The molecule has 218 valence electrons. The number of nitrogens with one attached hydrogen (secondary N) is 2. The maximum absolute atomic E-state index is 13.6. The fourth-order valence-electron chi connectivity index (χ4n) is 4.45. The van der Waals surface area contributed by atoms with Crippen LogP contribution in [0.2, 0.25) is 0 Å². The molecule has 39 heavy (non-hydrogen) atoms. The fraction of sp³-hybridized carbons (Fsp3) is 0.714. The van der Waals surface area contributed by atoms with E-state index in [1.165, 1.54) is 58.5 Å². The maximum atomic E-state index is 13.6. The number of ether oxygens (including phenoxy) is 2. The summed E-state index contributed by atoms with van der Waals surface area (Å²) in [6.07, 6.45) is 18.8. The van der Waals surface area contributed by atoms with Crippen LogP contribution < -0.4 is 21.3 Å². The monoisotopic (exact) mass is 548 g/mol. The van der Waals surface area contributed by atoms with Gasteiger partial charge < -0.3 is 30.7 Å². The van der Waals surface area contributed by atoms with Crippen LogP contribution >= 0.6 is 0 Å². The van der Waals surface area contributed by atoms with E-state index in [0.717, 1.165) is 19.3 Å². The van der Waals surface area contributed by atoms with Crippen molar-refractivity contribution in [3.05, 3.63) is 6.08 Å². The molecule has 0 saturated heterocycles. The molecule has 2 rings (SSSR count). The highest BCUT2D eigenvalue weighted by molar-refractivity contribution is 5.82. The van der Waals surface area contributed by atoms with Gasteiger partial charge in [0.05, 0.1) is 6.67 Å². The van der Waals surface area contributed by atoms with Gasteiger partial charge in [-0.2, -0.15) is 14.4 Å². The number of terminal acetylenes is 1. The van der Waals surface area contributed by atoms with E-state index in [-0.39, 0.29) is 31.3 Å². The molecule has 1 unspecified atom stereocenters. The molecule has 11 heteroatoms. The van der Waals surface area contributed by atoms with Crippen molar-refractivity contribution in [3.8, 4) is 12.3 Å². The van der Waals surface area contributed by atoms with Gasteiger partial charge in [-0.1, -0.05) is 77.1 Å². The molecule has 0 saturated carbocycles. The summed E-state index contributed by atoms with van der Waals surface area (Å²) in [5, 5.41) is 5.63. The van der Waals surface area contributed by atoms with Gasteiger partial charge in [0.2, 0.25) is 5.91 Å². The molecule has 1 aromatic rings. The average molecular weight is 549 g/mol. The zero-order chi connectivity index (χ0) is 28.5. The number of fused-ring (bicyclic) bond motifs is 1. The number of rotatable bonds is 20. The van der Waals surface area contributed by atoms with Gasteiger partial charge in [0.25, 0.3) is 0 Å². The van der Waals surface area contributed by atoms with Crippen LogP contribution in [0, 0.1) is 18.4 Å². The predicted molar refractivity (Wildman–Crippen MR) is 150 cm³/mol. The van der Waals surface area contributed by atoms with Crippen molar-refractivity contribution in [2.24, 2.45) is 0 Å². The van der Waals surface area contributed by atoms with Crippen LogP contribution in [0.1, 0.15) is 90.4 Å². The number of esters is 1. The molecular weight excluding hydrogens is 503 g/mol. The highest BCUT2D eigenvalue weighted by atomic mass is 19.1. The average Bonchev–Trinajstić information content (AvgIpc) is 3.34. The molecule has 1 amide bonds. The minimum absolute atomic E-state index is 0.0226. The number of aromatic nitrogens is 2. The molecule has 2 heterocycles. The normalized spacial score (nSPS) is 13.7. The highest BCUT2D eigenvalue weighted by Crippen LogP contribution is 2.33. The molecule has 0 fully saturated rings. The molecular formula is C28H45FN6O4. The Labute approximate surface area is 232 Å². The number of carbonyl (C=O) groups excluding carboxylic acids is 2. The van der Waals surface area contributed by atoms with Gasteiger partial charge in [0.1, 0.15) is 18.8 Å². The molecule has 0 spiro atoms. The largest absolute Gasteiger partial charge is 0.460 e. The number of carbonyl (C=O) groups is 2. The summed E-state index contributed by atoms with van der Waals surface area (Å²) in [6.45, 7) is 2.48. The Hall–Kier alpha value is -3.13. The van der Waals surface area contributed by atoms with E-state index in [4.69, 9.17) is 21.6 Å². The van der Waals surface area contributed by atoms with Gasteiger partial charge in [-0.3, -0.25) is 9.59 Å². The minimum atomic E-state index is -1.20. The first-order valence-electron chi connectivity index (χ1n) is 14.1. The van der Waals surface area contributed by atoms with Gasteiger partial charge in [0, 0.05) is 26.5 Å². The number of methoxy groups -OCH3 is 1. The number of nitrogens with two attached hydrogens (primary N) is 1. The number of unbranched alkanes of at least 4 members (excludes halogenated alkanes) is 10. The highest BCUT2D eigenvalue weighted by Gasteiger charge is 2.32. The van der Waals surface area contributed by atoms with Gasteiger partial charge >= 0.3 is 12.0 Å². The Morgan fingerprint density at radius 1 is 1.13 bits per heavy atom. The van der Waals surface area contributed by atoms with Crippen LogP contribution in [0.4, 0.5) is 21.7 Å². The van der Waals surface area contributed by atoms with Crippen LogP contribution in [0.5, 0.6) is 0 Å². The standard InChI is InChI=1S/C28H45FN6O4/c1-4-6-7-8-9-10-11-12-13-14-15-16-22(36)31-19-23(37)39-20-28(5-2,38-3)17-18-35-21-32-24-25(30)33-27(29)34-26(24)35/h2,32H,4,6-21H2,1,3H3,(H,31,36)(H2,30,33,34). The van der Waals surface area contributed by atoms with E-state index in [2.05, 4.69) is 33.4 Å². The lowest BCUT2D eigenvalue weighted by molar-refractivity contribution is -0.150. The number of halogens is 1. The third kappa shape index (κ3) is 11.2. The lowest BCUT2D eigenvalue weighted by Crippen LogP contribution is -2.41. The summed E-state index contributed by atoms with van der Waals surface area (Å²) in [5.74, 6) is 2.13. The number of nitrogens with zero attached hydrogens (tertiary/aromatic N) is 3. The van der Waals surface area contributed by atoms with Crippen LogP contribution in [0.25, 0.3) is 0 Å². The van der Waals surface area contributed by atoms with E-state index in [0.29, 0.717) is 31.1 Å². The third-order valence-electron chi connectivity index (χ3n) is 6.98. The van der Waals surface area contributed by atoms with E-state index in [1.54, 1.807) is 4.90 Å². The van der Waals surface area contributed by atoms with Gasteiger partial charge in [-0.25, -0.2) is 0 Å².